The SMILES string of the molecule is CCCCCCCCCC(O)(c1ccccc1)C(CO)(CO)CO. The van der Waals surface area contributed by atoms with E-state index in [1.807, 2.05) is 18.2 Å². The number of hydrogen-bond donors (Lipinski definition) is 4. The highest BCUT2D eigenvalue weighted by Gasteiger charge is 2.50. The van der Waals surface area contributed by atoms with Crippen molar-refractivity contribution in [3.63, 3.8) is 0 Å². The van der Waals surface area contributed by atoms with Crippen LogP contribution in [0.3, 0.4) is 0 Å². The Morgan fingerprint density at radius 3 is 1.75 bits per heavy atom. The molecule has 1 unspecified atom stereocenters. The summed E-state index contributed by atoms with van der Waals surface area (Å²) < 4.78 is 0. The lowest BCUT2D eigenvalue weighted by atomic mass is 9.67. The Balaban J connectivity index is 2.80. The smallest absolute Gasteiger partial charge is 0.102 e. The molecule has 0 radical (unpaired) electrons. The molecule has 0 aromatic heterocycles. The van der Waals surface area contributed by atoms with Gasteiger partial charge < -0.3 is 20.4 Å². The summed E-state index contributed by atoms with van der Waals surface area (Å²) in [6.07, 6.45) is 8.24. The minimum absolute atomic E-state index is 0.409. The first-order valence-electron chi connectivity index (χ1n) is 9.20. The predicted octanol–water partition coefficient (Wildman–Crippen LogP) is 2.98. The average Bonchev–Trinajstić information content (AvgIpc) is 2.63. The Labute approximate surface area is 146 Å². The second-order valence-electron chi connectivity index (χ2n) is 6.85. The molecule has 1 rings (SSSR count). The Bertz CT molecular complexity index is 422. The van der Waals surface area contributed by atoms with Crippen molar-refractivity contribution in [1.29, 1.82) is 0 Å². The monoisotopic (exact) mass is 338 g/mol. The van der Waals surface area contributed by atoms with Gasteiger partial charge in [-0.15, -0.1) is 0 Å². The fourth-order valence-electron chi connectivity index (χ4n) is 3.31. The van der Waals surface area contributed by atoms with Gasteiger partial charge in [-0.1, -0.05) is 82.2 Å². The van der Waals surface area contributed by atoms with Crippen LogP contribution < -0.4 is 0 Å². The Morgan fingerprint density at radius 1 is 0.750 bits per heavy atom. The van der Waals surface area contributed by atoms with Crippen LogP contribution in [-0.2, 0) is 5.60 Å². The summed E-state index contributed by atoms with van der Waals surface area (Å²) in [5.74, 6) is 0. The van der Waals surface area contributed by atoms with E-state index in [1.165, 1.54) is 25.7 Å². The van der Waals surface area contributed by atoms with Crippen molar-refractivity contribution in [3.05, 3.63) is 35.9 Å². The second-order valence-corrected chi connectivity index (χ2v) is 6.85. The fraction of sp³-hybridized carbons (Fsp3) is 0.700. The summed E-state index contributed by atoms with van der Waals surface area (Å²) >= 11 is 0. The van der Waals surface area contributed by atoms with Gasteiger partial charge in [0.25, 0.3) is 0 Å². The molecule has 138 valence electrons. The summed E-state index contributed by atoms with van der Waals surface area (Å²) in [6, 6.07) is 9.08. The van der Waals surface area contributed by atoms with Gasteiger partial charge in [0.05, 0.1) is 25.2 Å². The third kappa shape index (κ3) is 5.03. The van der Waals surface area contributed by atoms with Crippen LogP contribution in [0.25, 0.3) is 0 Å². The van der Waals surface area contributed by atoms with E-state index >= 15 is 0 Å². The maximum atomic E-state index is 11.4. The molecule has 0 heterocycles. The van der Waals surface area contributed by atoms with Crippen LogP contribution in [0.2, 0.25) is 0 Å². The van der Waals surface area contributed by atoms with E-state index < -0.39 is 30.8 Å². The van der Waals surface area contributed by atoms with E-state index in [-0.39, 0.29) is 0 Å². The van der Waals surface area contributed by atoms with Gasteiger partial charge in [0, 0.05) is 0 Å². The zero-order valence-electron chi connectivity index (χ0n) is 15.0. The highest BCUT2D eigenvalue weighted by Crippen LogP contribution is 2.43. The molecule has 4 heteroatoms. The van der Waals surface area contributed by atoms with Crippen LogP contribution in [-0.4, -0.2) is 40.2 Å². The zero-order valence-corrected chi connectivity index (χ0v) is 15.0. The molecule has 1 atom stereocenters. The highest BCUT2D eigenvalue weighted by molar-refractivity contribution is 5.26. The summed E-state index contributed by atoms with van der Waals surface area (Å²) in [5.41, 5.74) is -2.17. The number of benzene rings is 1. The highest BCUT2D eigenvalue weighted by atomic mass is 16.3. The van der Waals surface area contributed by atoms with Gasteiger partial charge >= 0.3 is 0 Å². The molecule has 0 spiro atoms. The van der Waals surface area contributed by atoms with Gasteiger partial charge in [-0.25, -0.2) is 0 Å². The van der Waals surface area contributed by atoms with E-state index in [2.05, 4.69) is 6.92 Å². The molecule has 0 aliphatic rings. The van der Waals surface area contributed by atoms with Gasteiger partial charge in [0.15, 0.2) is 0 Å². The molecule has 1 aromatic carbocycles. The van der Waals surface area contributed by atoms with Crippen LogP contribution in [0, 0.1) is 5.41 Å². The van der Waals surface area contributed by atoms with Gasteiger partial charge in [-0.3, -0.25) is 0 Å². The van der Waals surface area contributed by atoms with Crippen LogP contribution in [0.1, 0.15) is 63.9 Å². The molecule has 0 saturated heterocycles. The predicted molar refractivity (Wildman–Crippen MR) is 96.6 cm³/mol. The fourth-order valence-corrected chi connectivity index (χ4v) is 3.31. The minimum atomic E-state index is -1.45. The molecule has 0 saturated carbocycles. The number of rotatable bonds is 13. The maximum Gasteiger partial charge on any atom is 0.102 e. The van der Waals surface area contributed by atoms with Crippen LogP contribution in [0.5, 0.6) is 0 Å². The lowest BCUT2D eigenvalue weighted by Gasteiger charge is -2.45. The molecule has 0 fully saturated rings. The van der Waals surface area contributed by atoms with Gasteiger partial charge in [-0.2, -0.15) is 0 Å². The molecule has 0 aliphatic heterocycles. The molecule has 4 N–H and O–H groups in total. The number of hydrogen-bond acceptors (Lipinski definition) is 4. The summed E-state index contributed by atoms with van der Waals surface area (Å²) in [7, 11) is 0. The van der Waals surface area contributed by atoms with Gasteiger partial charge in [0.2, 0.25) is 0 Å². The average molecular weight is 338 g/mol. The normalized spacial score (nSPS) is 14.5. The Kier molecular flexibility index (Phi) is 9.52. The van der Waals surface area contributed by atoms with E-state index in [0.717, 1.165) is 19.3 Å². The van der Waals surface area contributed by atoms with Crippen molar-refractivity contribution >= 4 is 0 Å². The van der Waals surface area contributed by atoms with E-state index in [9.17, 15) is 20.4 Å². The topological polar surface area (TPSA) is 80.9 Å². The quantitative estimate of drug-likeness (QED) is 0.417. The second kappa shape index (κ2) is 10.8. The summed E-state index contributed by atoms with van der Waals surface area (Å²) in [4.78, 5) is 0. The van der Waals surface area contributed by atoms with Crippen molar-refractivity contribution in [2.24, 2.45) is 5.41 Å². The summed E-state index contributed by atoms with van der Waals surface area (Å²) in [5, 5.41) is 40.7. The first kappa shape index (κ1) is 21.1. The van der Waals surface area contributed by atoms with Crippen LogP contribution >= 0.6 is 0 Å². The van der Waals surface area contributed by atoms with Crippen molar-refractivity contribution in [3.8, 4) is 0 Å². The third-order valence-electron chi connectivity index (χ3n) is 5.18. The molecule has 0 amide bonds. The number of aliphatic hydroxyl groups is 4. The number of aliphatic hydroxyl groups excluding tert-OH is 3. The molecule has 24 heavy (non-hydrogen) atoms. The van der Waals surface area contributed by atoms with Gasteiger partial charge in [0.1, 0.15) is 5.60 Å². The lowest BCUT2D eigenvalue weighted by Crippen LogP contribution is -2.53. The Hall–Kier alpha value is -0.940. The molecular formula is C20H34O4. The standard InChI is InChI=1S/C20H34O4/c1-2-3-4-5-6-7-11-14-20(24,18-12-9-8-10-13-18)19(15-21,16-22)17-23/h8-10,12-13,21-24H,2-7,11,14-17H2,1H3. The Morgan fingerprint density at radius 2 is 1.25 bits per heavy atom. The number of unbranched alkanes of at least 4 members (excludes halogenated alkanes) is 6. The molecule has 4 nitrogen and oxygen atoms in total. The zero-order chi connectivity index (χ0) is 17.9. The third-order valence-corrected chi connectivity index (χ3v) is 5.18. The van der Waals surface area contributed by atoms with Crippen LogP contribution in [0.4, 0.5) is 0 Å². The lowest BCUT2D eigenvalue weighted by molar-refractivity contribution is -0.164. The van der Waals surface area contributed by atoms with E-state index in [4.69, 9.17) is 0 Å². The van der Waals surface area contributed by atoms with Crippen molar-refractivity contribution < 1.29 is 20.4 Å². The van der Waals surface area contributed by atoms with Crippen molar-refractivity contribution in [2.75, 3.05) is 19.8 Å². The van der Waals surface area contributed by atoms with Crippen LogP contribution in [0.15, 0.2) is 30.3 Å². The van der Waals surface area contributed by atoms with E-state index in [1.54, 1.807) is 12.1 Å². The first-order chi connectivity index (χ1) is 11.6. The largest absolute Gasteiger partial charge is 0.395 e. The molecular weight excluding hydrogens is 304 g/mol. The first-order valence-corrected chi connectivity index (χ1v) is 9.20. The molecule has 1 aromatic rings. The molecule has 0 aliphatic carbocycles. The van der Waals surface area contributed by atoms with E-state index in [0.29, 0.717) is 12.0 Å². The minimum Gasteiger partial charge on any atom is -0.395 e. The molecule has 0 bridgehead atoms. The summed E-state index contributed by atoms with van der Waals surface area (Å²) in [6.45, 7) is 0.782. The maximum absolute atomic E-state index is 11.4. The van der Waals surface area contributed by atoms with Crippen molar-refractivity contribution in [2.45, 2.75) is 63.9 Å². The van der Waals surface area contributed by atoms with Crippen molar-refractivity contribution in [1.82, 2.24) is 0 Å². The van der Waals surface area contributed by atoms with Gasteiger partial charge in [-0.05, 0) is 12.0 Å².